The fourth-order valence-electron chi connectivity index (χ4n) is 2.86. The first-order valence-corrected chi connectivity index (χ1v) is 6.72. The number of nitrogens with one attached hydrogen (secondary N) is 1. The lowest BCUT2D eigenvalue weighted by Gasteiger charge is -2.34. The molecule has 1 N–H and O–H groups in total. The molecule has 3 rings (SSSR count). The van der Waals surface area contributed by atoms with Crippen LogP contribution in [0.2, 0.25) is 0 Å². The van der Waals surface area contributed by atoms with Crippen molar-refractivity contribution in [2.45, 2.75) is 19.9 Å². The zero-order valence-corrected chi connectivity index (χ0v) is 11.1. The number of hydrogen-bond acceptors (Lipinski definition) is 2. The van der Waals surface area contributed by atoms with E-state index < -0.39 is 0 Å². The van der Waals surface area contributed by atoms with E-state index in [1.165, 1.54) is 22.0 Å². The third-order valence-electron chi connectivity index (χ3n) is 3.83. The Bertz CT molecular complexity index is 562. The largest absolute Gasteiger partial charge is 0.368 e. The molecular formula is C16H20N2. The topological polar surface area (TPSA) is 15.3 Å². The molecular weight excluding hydrogens is 220 g/mol. The minimum absolute atomic E-state index is 0.568. The van der Waals surface area contributed by atoms with Gasteiger partial charge in [0.1, 0.15) is 0 Å². The Morgan fingerprint density at radius 3 is 2.67 bits per heavy atom. The van der Waals surface area contributed by atoms with E-state index in [0.717, 1.165) is 19.6 Å². The quantitative estimate of drug-likeness (QED) is 0.824. The van der Waals surface area contributed by atoms with Crippen molar-refractivity contribution in [2.75, 3.05) is 24.5 Å². The van der Waals surface area contributed by atoms with E-state index in [4.69, 9.17) is 0 Å². The highest BCUT2D eigenvalue weighted by Gasteiger charge is 2.17. The van der Waals surface area contributed by atoms with E-state index in [1.54, 1.807) is 0 Å². The minimum atomic E-state index is 0.568. The van der Waals surface area contributed by atoms with Crippen molar-refractivity contribution in [1.29, 1.82) is 0 Å². The number of nitrogens with zero attached hydrogens (tertiary/aromatic N) is 1. The van der Waals surface area contributed by atoms with Crippen LogP contribution in [0.3, 0.4) is 0 Å². The van der Waals surface area contributed by atoms with Gasteiger partial charge in [0.25, 0.3) is 0 Å². The molecule has 2 nitrogen and oxygen atoms in total. The van der Waals surface area contributed by atoms with Gasteiger partial charge in [0.05, 0.1) is 0 Å². The van der Waals surface area contributed by atoms with Crippen LogP contribution in [0.5, 0.6) is 0 Å². The molecule has 0 amide bonds. The van der Waals surface area contributed by atoms with Crippen LogP contribution >= 0.6 is 0 Å². The summed E-state index contributed by atoms with van der Waals surface area (Å²) in [6.07, 6.45) is 0. The van der Waals surface area contributed by atoms with E-state index in [1.807, 2.05) is 0 Å². The van der Waals surface area contributed by atoms with Crippen molar-refractivity contribution in [2.24, 2.45) is 0 Å². The predicted octanol–water partition coefficient (Wildman–Crippen LogP) is 2.95. The first-order valence-electron chi connectivity index (χ1n) is 6.72. The molecule has 0 spiro atoms. The second kappa shape index (κ2) is 4.62. The maximum atomic E-state index is 3.50. The lowest BCUT2D eigenvalue weighted by Crippen LogP contribution is -2.49. The molecule has 2 aromatic rings. The Morgan fingerprint density at radius 1 is 1.11 bits per heavy atom. The molecule has 1 aliphatic heterocycles. The number of rotatable bonds is 1. The highest BCUT2D eigenvalue weighted by Crippen LogP contribution is 2.29. The van der Waals surface area contributed by atoms with Crippen LogP contribution in [0.1, 0.15) is 12.5 Å². The number of piperazine rings is 1. The maximum Gasteiger partial charge on any atom is 0.0447 e. The fourth-order valence-corrected chi connectivity index (χ4v) is 2.86. The molecule has 0 bridgehead atoms. The number of hydrogen-bond donors (Lipinski definition) is 1. The second-order valence-electron chi connectivity index (χ2n) is 5.25. The highest BCUT2D eigenvalue weighted by atomic mass is 15.2. The number of benzene rings is 2. The van der Waals surface area contributed by atoms with Gasteiger partial charge in [-0.05, 0) is 30.9 Å². The van der Waals surface area contributed by atoms with Gasteiger partial charge in [0.15, 0.2) is 0 Å². The lowest BCUT2D eigenvalue weighted by atomic mass is 10.0. The number of fused-ring (bicyclic) bond motifs is 1. The molecule has 0 radical (unpaired) electrons. The standard InChI is InChI=1S/C16H20N2/c1-12-7-8-16(15-6-4-3-5-14(12)15)18-10-9-17-13(2)11-18/h3-8,13,17H,9-11H2,1-2H3/t13-/m0/s1. The summed E-state index contributed by atoms with van der Waals surface area (Å²) in [6, 6.07) is 13.8. The van der Waals surface area contributed by atoms with Gasteiger partial charge < -0.3 is 10.2 Å². The zero-order valence-electron chi connectivity index (χ0n) is 11.1. The van der Waals surface area contributed by atoms with Crippen LogP contribution in [-0.2, 0) is 0 Å². The molecule has 1 saturated heterocycles. The van der Waals surface area contributed by atoms with Crippen LogP contribution in [0.25, 0.3) is 10.8 Å². The van der Waals surface area contributed by atoms with Crippen molar-refractivity contribution in [3.05, 3.63) is 42.0 Å². The Hall–Kier alpha value is -1.54. The molecule has 1 fully saturated rings. The van der Waals surface area contributed by atoms with E-state index in [0.29, 0.717) is 6.04 Å². The summed E-state index contributed by atoms with van der Waals surface area (Å²) in [7, 11) is 0. The average molecular weight is 240 g/mol. The molecule has 0 unspecified atom stereocenters. The fraction of sp³-hybridized carbons (Fsp3) is 0.375. The smallest absolute Gasteiger partial charge is 0.0447 e. The van der Waals surface area contributed by atoms with Crippen LogP contribution in [-0.4, -0.2) is 25.7 Å². The van der Waals surface area contributed by atoms with Gasteiger partial charge in [-0.1, -0.05) is 30.3 Å². The third-order valence-corrected chi connectivity index (χ3v) is 3.83. The summed E-state index contributed by atoms with van der Waals surface area (Å²) in [6.45, 7) is 7.70. The van der Waals surface area contributed by atoms with Crippen molar-refractivity contribution >= 4 is 16.5 Å². The van der Waals surface area contributed by atoms with Crippen LogP contribution in [0, 0.1) is 6.92 Å². The molecule has 0 saturated carbocycles. The summed E-state index contributed by atoms with van der Waals surface area (Å²) in [5, 5.41) is 6.26. The van der Waals surface area contributed by atoms with Gasteiger partial charge in [0.2, 0.25) is 0 Å². The molecule has 1 atom stereocenters. The molecule has 1 aliphatic rings. The van der Waals surface area contributed by atoms with E-state index >= 15 is 0 Å². The Kier molecular flexibility index (Phi) is 2.96. The molecule has 2 heteroatoms. The van der Waals surface area contributed by atoms with Crippen molar-refractivity contribution in [3.63, 3.8) is 0 Å². The SMILES string of the molecule is Cc1ccc(N2CCN[C@@H](C)C2)c2ccccc12. The molecule has 0 aromatic heterocycles. The van der Waals surface area contributed by atoms with Gasteiger partial charge in [-0.3, -0.25) is 0 Å². The summed E-state index contributed by atoms with van der Waals surface area (Å²) in [5.41, 5.74) is 2.74. The van der Waals surface area contributed by atoms with Gasteiger partial charge >= 0.3 is 0 Å². The van der Waals surface area contributed by atoms with E-state index in [-0.39, 0.29) is 0 Å². The maximum absolute atomic E-state index is 3.50. The minimum Gasteiger partial charge on any atom is -0.368 e. The van der Waals surface area contributed by atoms with Crippen molar-refractivity contribution in [1.82, 2.24) is 5.32 Å². The zero-order chi connectivity index (χ0) is 12.5. The first kappa shape index (κ1) is 11.5. The van der Waals surface area contributed by atoms with Gasteiger partial charge in [-0.15, -0.1) is 0 Å². The Labute approximate surface area is 109 Å². The Morgan fingerprint density at radius 2 is 1.89 bits per heavy atom. The van der Waals surface area contributed by atoms with E-state index in [2.05, 4.69) is 60.5 Å². The predicted molar refractivity (Wildman–Crippen MR) is 78.4 cm³/mol. The number of anilines is 1. The molecule has 0 aliphatic carbocycles. The summed E-state index contributed by atoms with van der Waals surface area (Å²) >= 11 is 0. The highest BCUT2D eigenvalue weighted by molar-refractivity contribution is 5.96. The monoisotopic (exact) mass is 240 g/mol. The van der Waals surface area contributed by atoms with Crippen molar-refractivity contribution < 1.29 is 0 Å². The van der Waals surface area contributed by atoms with Crippen LogP contribution < -0.4 is 10.2 Å². The average Bonchev–Trinajstić information content (AvgIpc) is 2.39. The van der Waals surface area contributed by atoms with E-state index in [9.17, 15) is 0 Å². The first-order chi connectivity index (χ1) is 8.75. The third kappa shape index (κ3) is 1.97. The van der Waals surface area contributed by atoms with Gasteiger partial charge in [0, 0.05) is 36.7 Å². The molecule has 94 valence electrons. The second-order valence-corrected chi connectivity index (χ2v) is 5.25. The molecule has 1 heterocycles. The normalized spacial score (nSPS) is 20.3. The van der Waals surface area contributed by atoms with Crippen LogP contribution in [0.4, 0.5) is 5.69 Å². The van der Waals surface area contributed by atoms with Gasteiger partial charge in [-0.2, -0.15) is 0 Å². The summed E-state index contributed by atoms with van der Waals surface area (Å²) in [5.74, 6) is 0. The Balaban J connectivity index is 2.09. The number of aryl methyl sites for hydroxylation is 1. The van der Waals surface area contributed by atoms with Gasteiger partial charge in [-0.25, -0.2) is 0 Å². The lowest BCUT2D eigenvalue weighted by molar-refractivity contribution is 0.485. The van der Waals surface area contributed by atoms with Crippen LogP contribution in [0.15, 0.2) is 36.4 Å². The summed E-state index contributed by atoms with van der Waals surface area (Å²) < 4.78 is 0. The molecule has 18 heavy (non-hydrogen) atoms. The summed E-state index contributed by atoms with van der Waals surface area (Å²) in [4.78, 5) is 2.50. The molecule has 2 aromatic carbocycles. The van der Waals surface area contributed by atoms with Crippen molar-refractivity contribution in [3.8, 4) is 0 Å².